The van der Waals surface area contributed by atoms with Crippen LogP contribution in [0.25, 0.3) is 10.9 Å². The third kappa shape index (κ3) is 4.73. The number of aromatic nitrogens is 2. The third-order valence-electron chi connectivity index (χ3n) is 7.88. The second kappa shape index (κ2) is 10.6. The average molecular weight is 538 g/mol. The van der Waals surface area contributed by atoms with E-state index in [1.807, 2.05) is 78.3 Å². The van der Waals surface area contributed by atoms with Gasteiger partial charge in [-0.25, -0.2) is 0 Å². The lowest BCUT2D eigenvalue weighted by molar-refractivity contribution is -0.130. The SMILES string of the molecule is Cn1cc(C(=O)N2C[C@H](O)CC2C(=O)NC2CCc3ccccc3N(Cc3ccccn3)C2=O)c2ccccc21. The number of aliphatic hydroxyl groups is 1. The molecule has 0 aliphatic carbocycles. The molecule has 9 nitrogen and oxygen atoms in total. The van der Waals surface area contributed by atoms with Crippen molar-refractivity contribution in [2.24, 2.45) is 7.05 Å². The van der Waals surface area contributed by atoms with Crippen LogP contribution < -0.4 is 10.2 Å². The number of pyridine rings is 1. The van der Waals surface area contributed by atoms with Crippen LogP contribution in [0.4, 0.5) is 5.69 Å². The first-order valence-electron chi connectivity index (χ1n) is 13.5. The Morgan fingerprint density at radius 2 is 1.82 bits per heavy atom. The van der Waals surface area contributed by atoms with Crippen LogP contribution in [-0.4, -0.2) is 62.0 Å². The molecule has 3 atom stereocenters. The average Bonchev–Trinajstić information content (AvgIpc) is 3.50. The predicted octanol–water partition coefficient (Wildman–Crippen LogP) is 2.81. The Labute approximate surface area is 232 Å². The Balaban J connectivity index is 1.25. The largest absolute Gasteiger partial charge is 0.391 e. The molecule has 1 saturated heterocycles. The number of benzene rings is 2. The van der Waals surface area contributed by atoms with E-state index in [2.05, 4.69) is 10.3 Å². The fourth-order valence-electron chi connectivity index (χ4n) is 5.89. The number of nitrogens with one attached hydrogen (secondary N) is 1. The van der Waals surface area contributed by atoms with Crippen molar-refractivity contribution in [3.8, 4) is 0 Å². The number of anilines is 1. The fourth-order valence-corrected chi connectivity index (χ4v) is 5.89. The molecule has 0 spiro atoms. The molecule has 9 heteroatoms. The third-order valence-corrected chi connectivity index (χ3v) is 7.88. The van der Waals surface area contributed by atoms with E-state index < -0.39 is 24.1 Å². The van der Waals surface area contributed by atoms with Crippen LogP contribution in [0.1, 0.15) is 34.5 Å². The maximum atomic E-state index is 13.9. The standard InChI is InChI=1S/C31H31N5O4/c1-34-19-24(23-10-3-5-12-27(23)34)30(39)36-18-22(37)16-28(36)29(38)33-25-14-13-20-8-2-4-11-26(20)35(31(25)40)17-21-9-6-7-15-32-21/h2-12,15,19,22,25,28,37H,13-14,16-18H2,1H3,(H,33,38)/t22-,25?,28?/m1/s1. The van der Waals surface area contributed by atoms with Gasteiger partial charge in [0.1, 0.15) is 12.1 Å². The number of hydrogen-bond donors (Lipinski definition) is 2. The maximum absolute atomic E-state index is 13.9. The van der Waals surface area contributed by atoms with E-state index >= 15 is 0 Å². The van der Waals surface area contributed by atoms with Crippen molar-refractivity contribution in [1.29, 1.82) is 0 Å². The molecule has 2 unspecified atom stereocenters. The smallest absolute Gasteiger partial charge is 0.256 e. The molecule has 2 aliphatic heterocycles. The van der Waals surface area contributed by atoms with E-state index in [9.17, 15) is 19.5 Å². The van der Waals surface area contributed by atoms with Crippen LogP contribution in [0.2, 0.25) is 0 Å². The van der Waals surface area contributed by atoms with Crippen molar-refractivity contribution in [3.05, 3.63) is 95.9 Å². The molecule has 2 aliphatic rings. The number of amides is 3. The Hall–Kier alpha value is -4.50. The molecule has 0 radical (unpaired) electrons. The number of nitrogens with zero attached hydrogens (tertiary/aromatic N) is 4. The highest BCUT2D eigenvalue weighted by Gasteiger charge is 2.42. The van der Waals surface area contributed by atoms with Gasteiger partial charge in [-0.2, -0.15) is 0 Å². The Kier molecular flexibility index (Phi) is 6.81. The van der Waals surface area contributed by atoms with E-state index in [0.717, 1.165) is 27.8 Å². The van der Waals surface area contributed by atoms with Gasteiger partial charge in [-0.3, -0.25) is 19.4 Å². The summed E-state index contributed by atoms with van der Waals surface area (Å²) in [4.78, 5) is 48.7. The molecule has 1 fully saturated rings. The van der Waals surface area contributed by atoms with Gasteiger partial charge in [-0.15, -0.1) is 0 Å². The van der Waals surface area contributed by atoms with Crippen molar-refractivity contribution in [2.75, 3.05) is 11.4 Å². The quantitative estimate of drug-likeness (QED) is 0.407. The van der Waals surface area contributed by atoms with Crippen LogP contribution in [-0.2, 0) is 29.6 Å². The highest BCUT2D eigenvalue weighted by Crippen LogP contribution is 2.30. The summed E-state index contributed by atoms with van der Waals surface area (Å²) in [6.07, 6.45) is 3.76. The topological polar surface area (TPSA) is 108 Å². The summed E-state index contributed by atoms with van der Waals surface area (Å²) >= 11 is 0. The summed E-state index contributed by atoms with van der Waals surface area (Å²) < 4.78 is 1.88. The van der Waals surface area contributed by atoms with Crippen LogP contribution in [0.15, 0.2) is 79.1 Å². The normalized spacial score (nSPS) is 20.9. The number of likely N-dealkylation sites (tertiary alicyclic amines) is 1. The van der Waals surface area contributed by atoms with Gasteiger partial charge in [-0.1, -0.05) is 42.5 Å². The summed E-state index contributed by atoms with van der Waals surface area (Å²) in [5.41, 5.74) is 3.95. The maximum Gasteiger partial charge on any atom is 0.256 e. The number of fused-ring (bicyclic) bond motifs is 2. The van der Waals surface area contributed by atoms with Crippen LogP contribution in [0.5, 0.6) is 0 Å². The monoisotopic (exact) mass is 537 g/mol. The van der Waals surface area contributed by atoms with E-state index in [-0.39, 0.29) is 31.3 Å². The zero-order chi connectivity index (χ0) is 27.8. The summed E-state index contributed by atoms with van der Waals surface area (Å²) in [7, 11) is 1.87. The molecule has 2 N–H and O–H groups in total. The zero-order valence-electron chi connectivity index (χ0n) is 22.2. The van der Waals surface area contributed by atoms with E-state index in [1.165, 1.54) is 4.90 Å². The van der Waals surface area contributed by atoms with Gasteiger partial charge in [0.05, 0.1) is 23.9 Å². The van der Waals surface area contributed by atoms with E-state index in [0.29, 0.717) is 18.4 Å². The van der Waals surface area contributed by atoms with E-state index in [4.69, 9.17) is 0 Å². The molecular weight excluding hydrogens is 506 g/mol. The van der Waals surface area contributed by atoms with Gasteiger partial charge in [0.15, 0.2) is 0 Å². The predicted molar refractivity (Wildman–Crippen MR) is 150 cm³/mol. The molecule has 2 aromatic carbocycles. The number of para-hydroxylation sites is 2. The number of carbonyl (C=O) groups is 3. The zero-order valence-corrected chi connectivity index (χ0v) is 22.2. The number of rotatable bonds is 5. The summed E-state index contributed by atoms with van der Waals surface area (Å²) in [6.45, 7) is 0.326. The van der Waals surface area contributed by atoms with Crippen molar-refractivity contribution >= 4 is 34.3 Å². The number of aryl methyl sites for hydroxylation is 2. The van der Waals surface area contributed by atoms with Crippen LogP contribution in [0, 0.1) is 0 Å². The molecule has 2 aromatic heterocycles. The van der Waals surface area contributed by atoms with Gasteiger partial charge in [0.2, 0.25) is 11.8 Å². The molecule has 4 aromatic rings. The first-order valence-corrected chi connectivity index (χ1v) is 13.5. The second-order valence-corrected chi connectivity index (χ2v) is 10.5. The molecular formula is C31H31N5O4. The Bertz CT molecular complexity index is 1580. The number of aliphatic hydroxyl groups excluding tert-OH is 1. The van der Waals surface area contributed by atoms with Gasteiger partial charge < -0.3 is 24.8 Å². The van der Waals surface area contributed by atoms with E-state index in [1.54, 1.807) is 17.3 Å². The van der Waals surface area contributed by atoms with Gasteiger partial charge in [-0.05, 0) is 42.7 Å². The minimum Gasteiger partial charge on any atom is -0.391 e. The van der Waals surface area contributed by atoms with Crippen molar-refractivity contribution in [3.63, 3.8) is 0 Å². The lowest BCUT2D eigenvalue weighted by Crippen LogP contribution is -2.53. The molecule has 0 bridgehead atoms. The molecule has 3 amide bonds. The minimum atomic E-state index is -0.885. The summed E-state index contributed by atoms with van der Waals surface area (Å²) in [5, 5.41) is 14.2. The van der Waals surface area contributed by atoms with Crippen molar-refractivity contribution in [2.45, 2.75) is 44.0 Å². The Morgan fingerprint density at radius 1 is 1.05 bits per heavy atom. The van der Waals surface area contributed by atoms with Gasteiger partial charge in [0, 0.05) is 49.0 Å². The fraction of sp³-hybridized carbons (Fsp3) is 0.290. The Morgan fingerprint density at radius 3 is 2.65 bits per heavy atom. The lowest BCUT2D eigenvalue weighted by atomic mass is 10.1. The summed E-state index contributed by atoms with van der Waals surface area (Å²) in [6, 6.07) is 19.2. The van der Waals surface area contributed by atoms with Gasteiger partial charge >= 0.3 is 0 Å². The van der Waals surface area contributed by atoms with Crippen LogP contribution >= 0.6 is 0 Å². The van der Waals surface area contributed by atoms with Gasteiger partial charge in [0.25, 0.3) is 5.91 Å². The molecule has 4 heterocycles. The highest BCUT2D eigenvalue weighted by molar-refractivity contribution is 6.08. The van der Waals surface area contributed by atoms with Crippen LogP contribution in [0.3, 0.4) is 0 Å². The van der Waals surface area contributed by atoms with Crippen molar-refractivity contribution in [1.82, 2.24) is 19.8 Å². The molecule has 40 heavy (non-hydrogen) atoms. The first kappa shape index (κ1) is 25.8. The molecule has 204 valence electrons. The molecule has 6 rings (SSSR count). The number of β-amino-alcohol motifs (C(OH)–C–C–N with tert-alkyl or cyclic N) is 1. The highest BCUT2D eigenvalue weighted by atomic mass is 16.3. The molecule has 0 saturated carbocycles. The lowest BCUT2D eigenvalue weighted by Gasteiger charge is -2.28. The second-order valence-electron chi connectivity index (χ2n) is 10.5. The number of hydrogen-bond acceptors (Lipinski definition) is 5. The van der Waals surface area contributed by atoms with Crippen molar-refractivity contribution < 1.29 is 19.5 Å². The first-order chi connectivity index (χ1) is 19.4. The minimum absolute atomic E-state index is 0.0516. The summed E-state index contributed by atoms with van der Waals surface area (Å²) in [5.74, 6) is -0.980. The number of carbonyl (C=O) groups excluding carboxylic acids is 3.